The minimum Gasteiger partial charge on any atom is -0.379 e. The van der Waals surface area contributed by atoms with Crippen LogP contribution in [0.2, 0.25) is 0 Å². The molecule has 0 spiro atoms. The van der Waals surface area contributed by atoms with E-state index >= 15 is 0 Å². The zero-order valence-corrected chi connectivity index (χ0v) is 12.4. The largest absolute Gasteiger partial charge is 0.379 e. The number of nitrogens with one attached hydrogen (secondary N) is 1. The summed E-state index contributed by atoms with van der Waals surface area (Å²) in [5, 5.41) is 3.59. The second kappa shape index (κ2) is 8.90. The Hall–Kier alpha value is -0.160. The molecule has 1 N–H and O–H groups in total. The van der Waals surface area contributed by atoms with Gasteiger partial charge < -0.3 is 14.8 Å². The van der Waals surface area contributed by atoms with Crippen molar-refractivity contribution < 1.29 is 9.47 Å². The molecule has 1 saturated carbocycles. The molecule has 2 aliphatic rings. The Balaban J connectivity index is 1.43. The Labute approximate surface area is 117 Å². The quantitative estimate of drug-likeness (QED) is 0.680. The van der Waals surface area contributed by atoms with Crippen LogP contribution in [0.5, 0.6) is 0 Å². The molecular weight excluding hydrogens is 240 g/mol. The summed E-state index contributed by atoms with van der Waals surface area (Å²) >= 11 is 0. The van der Waals surface area contributed by atoms with Crippen molar-refractivity contribution in [1.82, 2.24) is 10.2 Å². The smallest absolute Gasteiger partial charge is 0.0594 e. The van der Waals surface area contributed by atoms with Crippen molar-refractivity contribution in [2.45, 2.75) is 51.2 Å². The van der Waals surface area contributed by atoms with Crippen LogP contribution in [0.25, 0.3) is 0 Å². The van der Waals surface area contributed by atoms with E-state index in [0.29, 0.717) is 12.1 Å². The summed E-state index contributed by atoms with van der Waals surface area (Å²) in [5.74, 6) is 0. The summed E-state index contributed by atoms with van der Waals surface area (Å²) in [6.07, 6.45) is 6.97. The molecule has 1 atom stereocenters. The van der Waals surface area contributed by atoms with Crippen molar-refractivity contribution in [1.29, 1.82) is 0 Å². The molecule has 112 valence electrons. The third kappa shape index (κ3) is 6.21. The van der Waals surface area contributed by atoms with Crippen molar-refractivity contribution in [2.24, 2.45) is 0 Å². The predicted molar refractivity (Wildman–Crippen MR) is 77.5 cm³/mol. The third-order valence-electron chi connectivity index (χ3n) is 4.11. The van der Waals surface area contributed by atoms with E-state index < -0.39 is 0 Å². The maximum Gasteiger partial charge on any atom is 0.0594 e. The second-order valence-electron chi connectivity index (χ2n) is 5.90. The Morgan fingerprint density at radius 3 is 2.74 bits per heavy atom. The van der Waals surface area contributed by atoms with Gasteiger partial charge in [0.05, 0.1) is 19.3 Å². The molecule has 1 heterocycles. The van der Waals surface area contributed by atoms with E-state index in [1.807, 2.05) is 0 Å². The summed E-state index contributed by atoms with van der Waals surface area (Å²) in [5.41, 5.74) is 0. The van der Waals surface area contributed by atoms with Gasteiger partial charge in [-0.15, -0.1) is 0 Å². The highest BCUT2D eigenvalue weighted by Gasteiger charge is 2.15. The first-order valence-electron chi connectivity index (χ1n) is 7.99. The van der Waals surface area contributed by atoms with Gasteiger partial charge in [-0.3, -0.25) is 4.90 Å². The lowest BCUT2D eigenvalue weighted by Gasteiger charge is -2.29. The van der Waals surface area contributed by atoms with E-state index in [9.17, 15) is 0 Å². The Morgan fingerprint density at radius 2 is 2.00 bits per heavy atom. The van der Waals surface area contributed by atoms with Crippen LogP contribution in [-0.4, -0.2) is 63.0 Å². The minimum atomic E-state index is 0.560. The SMILES string of the molecule is CC(CN1CCOCC1)NCCCOC1CCCC1. The fourth-order valence-electron chi connectivity index (χ4n) is 2.96. The van der Waals surface area contributed by atoms with E-state index in [2.05, 4.69) is 17.1 Å². The molecular formula is C15H30N2O2. The first kappa shape index (κ1) is 15.2. The average molecular weight is 270 g/mol. The predicted octanol–water partition coefficient (Wildman–Crippen LogP) is 1.65. The van der Waals surface area contributed by atoms with Crippen LogP contribution < -0.4 is 5.32 Å². The van der Waals surface area contributed by atoms with Crippen LogP contribution in [0.1, 0.15) is 39.0 Å². The van der Waals surface area contributed by atoms with Gasteiger partial charge in [0.1, 0.15) is 0 Å². The van der Waals surface area contributed by atoms with Crippen molar-refractivity contribution in [2.75, 3.05) is 46.0 Å². The zero-order valence-electron chi connectivity index (χ0n) is 12.4. The first-order valence-corrected chi connectivity index (χ1v) is 7.99. The fraction of sp³-hybridized carbons (Fsp3) is 1.00. The molecule has 1 aliphatic carbocycles. The Morgan fingerprint density at radius 1 is 1.26 bits per heavy atom. The molecule has 2 rings (SSSR count). The van der Waals surface area contributed by atoms with Crippen LogP contribution in [0, 0.1) is 0 Å². The highest BCUT2D eigenvalue weighted by atomic mass is 16.5. The molecule has 1 unspecified atom stereocenters. The maximum absolute atomic E-state index is 5.87. The molecule has 2 fully saturated rings. The second-order valence-corrected chi connectivity index (χ2v) is 5.90. The molecule has 4 heteroatoms. The topological polar surface area (TPSA) is 33.7 Å². The Bertz CT molecular complexity index is 226. The molecule has 1 aliphatic heterocycles. The van der Waals surface area contributed by atoms with E-state index in [0.717, 1.165) is 52.4 Å². The van der Waals surface area contributed by atoms with Gasteiger partial charge in [-0.05, 0) is 32.7 Å². The normalized spacial score (nSPS) is 23.8. The zero-order chi connectivity index (χ0) is 13.3. The first-order chi connectivity index (χ1) is 9.34. The molecule has 19 heavy (non-hydrogen) atoms. The summed E-state index contributed by atoms with van der Waals surface area (Å²) in [6, 6.07) is 0.560. The van der Waals surface area contributed by atoms with E-state index in [1.54, 1.807) is 0 Å². The molecule has 4 nitrogen and oxygen atoms in total. The summed E-state index contributed by atoms with van der Waals surface area (Å²) < 4.78 is 11.2. The molecule has 0 radical (unpaired) electrons. The van der Waals surface area contributed by atoms with E-state index in [1.165, 1.54) is 25.7 Å². The number of hydrogen-bond donors (Lipinski definition) is 1. The third-order valence-corrected chi connectivity index (χ3v) is 4.11. The molecule has 0 aromatic heterocycles. The number of rotatable bonds is 8. The van der Waals surface area contributed by atoms with Gasteiger partial charge in [0.25, 0.3) is 0 Å². The van der Waals surface area contributed by atoms with Gasteiger partial charge in [-0.2, -0.15) is 0 Å². The lowest BCUT2D eigenvalue weighted by atomic mass is 10.2. The summed E-state index contributed by atoms with van der Waals surface area (Å²) in [6.45, 7) is 9.33. The fourth-order valence-corrected chi connectivity index (χ4v) is 2.96. The molecule has 0 amide bonds. The molecule has 0 bridgehead atoms. The monoisotopic (exact) mass is 270 g/mol. The van der Waals surface area contributed by atoms with Crippen molar-refractivity contribution in [3.63, 3.8) is 0 Å². The van der Waals surface area contributed by atoms with Crippen molar-refractivity contribution in [3.05, 3.63) is 0 Å². The van der Waals surface area contributed by atoms with Gasteiger partial charge in [0, 0.05) is 32.3 Å². The van der Waals surface area contributed by atoms with Gasteiger partial charge in [-0.1, -0.05) is 12.8 Å². The number of morpholine rings is 1. The summed E-state index contributed by atoms with van der Waals surface area (Å²) in [4.78, 5) is 2.48. The van der Waals surface area contributed by atoms with Crippen LogP contribution in [0.4, 0.5) is 0 Å². The maximum atomic E-state index is 5.87. The number of hydrogen-bond acceptors (Lipinski definition) is 4. The van der Waals surface area contributed by atoms with Gasteiger partial charge >= 0.3 is 0 Å². The van der Waals surface area contributed by atoms with Crippen LogP contribution in [0.3, 0.4) is 0 Å². The van der Waals surface area contributed by atoms with Crippen LogP contribution >= 0.6 is 0 Å². The van der Waals surface area contributed by atoms with E-state index in [-0.39, 0.29) is 0 Å². The van der Waals surface area contributed by atoms with Gasteiger partial charge in [0.2, 0.25) is 0 Å². The molecule has 0 aromatic rings. The van der Waals surface area contributed by atoms with Crippen LogP contribution in [0.15, 0.2) is 0 Å². The summed E-state index contributed by atoms with van der Waals surface area (Å²) in [7, 11) is 0. The van der Waals surface area contributed by atoms with Crippen LogP contribution in [-0.2, 0) is 9.47 Å². The lowest BCUT2D eigenvalue weighted by Crippen LogP contribution is -2.44. The van der Waals surface area contributed by atoms with Gasteiger partial charge in [-0.25, -0.2) is 0 Å². The lowest BCUT2D eigenvalue weighted by molar-refractivity contribution is 0.0338. The number of ether oxygens (including phenoxy) is 2. The molecule has 0 aromatic carbocycles. The Kier molecular flexibility index (Phi) is 7.14. The van der Waals surface area contributed by atoms with Gasteiger partial charge in [0.15, 0.2) is 0 Å². The number of nitrogens with zero attached hydrogens (tertiary/aromatic N) is 1. The van der Waals surface area contributed by atoms with Crippen molar-refractivity contribution in [3.8, 4) is 0 Å². The minimum absolute atomic E-state index is 0.560. The molecule has 1 saturated heterocycles. The average Bonchev–Trinajstić information content (AvgIpc) is 2.92. The van der Waals surface area contributed by atoms with Crippen molar-refractivity contribution >= 4 is 0 Å². The standard InChI is InChI=1S/C15H30N2O2/c1-14(13-17-8-11-18-12-9-17)16-7-4-10-19-15-5-2-3-6-15/h14-16H,2-13H2,1H3. The highest BCUT2D eigenvalue weighted by molar-refractivity contribution is 4.70. The van der Waals surface area contributed by atoms with E-state index in [4.69, 9.17) is 9.47 Å². The highest BCUT2D eigenvalue weighted by Crippen LogP contribution is 2.20.